The number of carbonyl (C=O) groups is 1. The van der Waals surface area contributed by atoms with Crippen molar-refractivity contribution in [3.05, 3.63) is 24.5 Å². The van der Waals surface area contributed by atoms with Crippen molar-refractivity contribution in [2.24, 2.45) is 0 Å². The lowest BCUT2D eigenvalue weighted by molar-refractivity contribution is -0.188. The van der Waals surface area contributed by atoms with Gasteiger partial charge < -0.3 is 33.9 Å². The molecule has 0 aromatic rings. The first-order valence-electron chi connectivity index (χ1n) is 7.66. The number of carbonyl (C=O) groups excluding carboxylic acids is 1. The fourth-order valence-corrected chi connectivity index (χ4v) is 2.79. The molecule has 0 aromatic heterocycles. The van der Waals surface area contributed by atoms with Crippen molar-refractivity contribution in [1.82, 2.24) is 0 Å². The van der Waals surface area contributed by atoms with Crippen LogP contribution in [0.15, 0.2) is 24.5 Å². The summed E-state index contributed by atoms with van der Waals surface area (Å²) in [7, 11) is 1.25. The van der Waals surface area contributed by atoms with Gasteiger partial charge in [-0.05, 0) is 13.8 Å². The van der Waals surface area contributed by atoms with Crippen molar-refractivity contribution >= 4 is 5.97 Å². The van der Waals surface area contributed by atoms with E-state index in [1.54, 1.807) is 13.8 Å². The maximum atomic E-state index is 11.5. The predicted molar refractivity (Wildman–Crippen MR) is 81.8 cm³/mol. The summed E-state index contributed by atoms with van der Waals surface area (Å²) >= 11 is 0. The van der Waals surface area contributed by atoms with Crippen LogP contribution < -0.4 is 0 Å². The summed E-state index contributed by atoms with van der Waals surface area (Å²) in [6.45, 7) is 6.67. The van der Waals surface area contributed by atoms with Gasteiger partial charge in [0.25, 0.3) is 0 Å². The Hall–Kier alpha value is -1.45. The molecule has 2 fully saturated rings. The molecule has 0 spiro atoms. The number of hydrogen-bond donors (Lipinski definition) is 2. The Bertz CT molecular complexity index is 500. The topological polar surface area (TPSA) is 104 Å². The van der Waals surface area contributed by atoms with Crippen LogP contribution in [0.3, 0.4) is 0 Å². The van der Waals surface area contributed by atoms with Crippen LogP contribution in [0.2, 0.25) is 0 Å². The van der Waals surface area contributed by atoms with Crippen molar-refractivity contribution in [3.8, 4) is 0 Å². The van der Waals surface area contributed by atoms with E-state index in [4.69, 9.17) is 18.9 Å². The third-order valence-electron chi connectivity index (χ3n) is 3.76. The van der Waals surface area contributed by atoms with Crippen LogP contribution in [0, 0.1) is 0 Å². The van der Waals surface area contributed by atoms with E-state index < -0.39 is 48.9 Å². The van der Waals surface area contributed by atoms with E-state index >= 15 is 0 Å². The smallest absolute Gasteiger partial charge is 0.333 e. The van der Waals surface area contributed by atoms with Crippen molar-refractivity contribution in [2.75, 3.05) is 20.3 Å². The zero-order valence-electron chi connectivity index (χ0n) is 14.0. The van der Waals surface area contributed by atoms with Crippen molar-refractivity contribution in [3.63, 3.8) is 0 Å². The summed E-state index contributed by atoms with van der Waals surface area (Å²) in [5.41, 5.74) is 0. The molecule has 2 saturated heterocycles. The first kappa shape index (κ1) is 18.9. The van der Waals surface area contributed by atoms with Crippen molar-refractivity contribution in [1.29, 1.82) is 0 Å². The Morgan fingerprint density at radius 1 is 1.46 bits per heavy atom. The van der Waals surface area contributed by atoms with E-state index in [-0.39, 0.29) is 12.4 Å². The SMILES string of the molecule is C=CCO[C@@H]([C@@H]1O/C(=C/C(=O)OC)[C@@H]2OC(C)(C)O[C@H]12)[C@H](O)CO. The average Bonchev–Trinajstić information content (AvgIpc) is 3.02. The monoisotopic (exact) mass is 344 g/mol. The highest BCUT2D eigenvalue weighted by Crippen LogP contribution is 2.42. The molecule has 2 rings (SSSR count). The minimum atomic E-state index is -1.19. The molecule has 24 heavy (non-hydrogen) atoms. The van der Waals surface area contributed by atoms with Gasteiger partial charge in [-0.15, -0.1) is 6.58 Å². The second-order valence-corrected chi connectivity index (χ2v) is 6.01. The number of aliphatic hydroxyl groups is 2. The first-order chi connectivity index (χ1) is 11.3. The second kappa shape index (κ2) is 7.62. The number of esters is 1. The van der Waals surface area contributed by atoms with Crippen molar-refractivity contribution < 1.29 is 38.7 Å². The van der Waals surface area contributed by atoms with Crippen LogP contribution in [-0.2, 0) is 28.5 Å². The fourth-order valence-electron chi connectivity index (χ4n) is 2.79. The summed E-state index contributed by atoms with van der Waals surface area (Å²) < 4.78 is 27.6. The Kier molecular flexibility index (Phi) is 6.00. The van der Waals surface area contributed by atoms with Crippen molar-refractivity contribution in [2.45, 2.75) is 50.2 Å². The molecule has 0 amide bonds. The maximum Gasteiger partial charge on any atom is 0.333 e. The Morgan fingerprint density at radius 3 is 2.75 bits per heavy atom. The standard InChI is InChI=1S/C16H24O8/c1-5-6-21-12(9(18)8-17)14-15-13(23-16(2,3)24-15)10(22-14)7-11(19)20-4/h5,7,9,12-15,17-18H,1,6,8H2,2-4H3/b10-7+/t9-,12-,13+,14+,15+/m1/s1. The quantitative estimate of drug-likeness (QED) is 0.374. The largest absolute Gasteiger partial charge is 0.486 e. The van der Waals surface area contributed by atoms with Gasteiger partial charge in [-0.1, -0.05) is 6.08 Å². The lowest BCUT2D eigenvalue weighted by Gasteiger charge is -2.30. The molecule has 2 N–H and O–H groups in total. The van der Waals surface area contributed by atoms with Gasteiger partial charge in [-0.3, -0.25) is 0 Å². The zero-order valence-corrected chi connectivity index (χ0v) is 14.0. The number of fused-ring (bicyclic) bond motifs is 1. The average molecular weight is 344 g/mol. The molecule has 8 heteroatoms. The molecular weight excluding hydrogens is 320 g/mol. The molecule has 2 aliphatic rings. The van der Waals surface area contributed by atoms with Crippen LogP contribution in [-0.4, -0.2) is 72.8 Å². The summed E-state index contributed by atoms with van der Waals surface area (Å²) in [5.74, 6) is -1.25. The van der Waals surface area contributed by atoms with E-state index in [2.05, 4.69) is 11.3 Å². The van der Waals surface area contributed by atoms with Crippen LogP contribution in [0.25, 0.3) is 0 Å². The molecule has 0 unspecified atom stereocenters. The molecule has 0 saturated carbocycles. The Morgan fingerprint density at radius 2 is 2.17 bits per heavy atom. The number of hydrogen-bond acceptors (Lipinski definition) is 8. The zero-order chi connectivity index (χ0) is 17.9. The molecule has 2 aliphatic heterocycles. The van der Waals surface area contributed by atoms with E-state index in [1.165, 1.54) is 19.3 Å². The predicted octanol–water partition coefficient (Wildman–Crippen LogP) is -0.113. The van der Waals surface area contributed by atoms with Gasteiger partial charge in [0.2, 0.25) is 0 Å². The van der Waals surface area contributed by atoms with Gasteiger partial charge in [-0.2, -0.15) is 0 Å². The number of ether oxygens (including phenoxy) is 5. The van der Waals surface area contributed by atoms with Gasteiger partial charge in [0.15, 0.2) is 11.9 Å². The molecule has 0 radical (unpaired) electrons. The molecule has 2 heterocycles. The van der Waals surface area contributed by atoms with Gasteiger partial charge in [0, 0.05) is 0 Å². The number of aliphatic hydroxyl groups excluding tert-OH is 2. The highest BCUT2D eigenvalue weighted by Gasteiger charge is 2.57. The minimum absolute atomic E-state index is 0.152. The molecule has 5 atom stereocenters. The highest BCUT2D eigenvalue weighted by molar-refractivity contribution is 5.82. The molecule has 0 aliphatic carbocycles. The second-order valence-electron chi connectivity index (χ2n) is 6.01. The molecular formula is C16H24O8. The number of methoxy groups -OCH3 is 1. The lowest BCUT2D eigenvalue weighted by atomic mass is 10.0. The highest BCUT2D eigenvalue weighted by atomic mass is 16.8. The molecule has 0 aromatic carbocycles. The summed E-state index contributed by atoms with van der Waals surface area (Å²) in [6, 6.07) is 0. The van der Waals surface area contributed by atoms with E-state index in [9.17, 15) is 15.0 Å². The van der Waals surface area contributed by atoms with Crippen LogP contribution >= 0.6 is 0 Å². The Balaban J connectivity index is 2.29. The normalized spacial score (nSPS) is 32.0. The van der Waals surface area contributed by atoms with Gasteiger partial charge in [0.1, 0.15) is 30.2 Å². The van der Waals surface area contributed by atoms with Crippen LogP contribution in [0.5, 0.6) is 0 Å². The minimum Gasteiger partial charge on any atom is -0.486 e. The third kappa shape index (κ3) is 3.96. The summed E-state index contributed by atoms with van der Waals surface area (Å²) in [4.78, 5) is 11.5. The third-order valence-corrected chi connectivity index (χ3v) is 3.76. The van der Waals surface area contributed by atoms with E-state index in [0.29, 0.717) is 0 Å². The van der Waals surface area contributed by atoms with Crippen LogP contribution in [0.4, 0.5) is 0 Å². The number of rotatable bonds is 7. The Labute approximate surface area is 140 Å². The van der Waals surface area contributed by atoms with E-state index in [1.807, 2.05) is 0 Å². The molecule has 8 nitrogen and oxygen atoms in total. The summed E-state index contributed by atoms with van der Waals surface area (Å²) in [6.07, 6.45) is -1.39. The van der Waals surface area contributed by atoms with Crippen LogP contribution in [0.1, 0.15) is 13.8 Å². The lowest BCUT2D eigenvalue weighted by Crippen LogP contribution is -2.48. The fraction of sp³-hybridized carbons (Fsp3) is 0.688. The van der Waals surface area contributed by atoms with Gasteiger partial charge in [-0.25, -0.2) is 4.79 Å². The van der Waals surface area contributed by atoms with Gasteiger partial charge >= 0.3 is 5.97 Å². The van der Waals surface area contributed by atoms with Gasteiger partial charge in [0.05, 0.1) is 26.4 Å². The van der Waals surface area contributed by atoms with E-state index in [0.717, 1.165) is 0 Å². The maximum absolute atomic E-state index is 11.5. The molecule has 0 bridgehead atoms. The first-order valence-corrected chi connectivity index (χ1v) is 7.66. The summed E-state index contributed by atoms with van der Waals surface area (Å²) in [5, 5.41) is 19.4. The molecule has 136 valence electrons.